The zero-order chi connectivity index (χ0) is 31.2. The molecule has 2 N–H and O–H groups in total. The molecule has 1 fully saturated rings. The number of nitrogens with one attached hydrogen (secondary N) is 2. The third-order valence-electron chi connectivity index (χ3n) is 8.65. The van der Waals surface area contributed by atoms with E-state index in [1.54, 1.807) is 29.3 Å². The summed E-state index contributed by atoms with van der Waals surface area (Å²) >= 11 is 0. The monoisotopic (exact) mass is 609 g/mol. The number of nitrogens with zero attached hydrogens (tertiary/aromatic N) is 3. The van der Waals surface area contributed by atoms with Crippen LogP contribution in [0.25, 0.3) is 0 Å². The van der Waals surface area contributed by atoms with E-state index < -0.39 is 23.9 Å². The van der Waals surface area contributed by atoms with Gasteiger partial charge in [-0.1, -0.05) is 6.92 Å². The van der Waals surface area contributed by atoms with E-state index in [0.29, 0.717) is 55.0 Å². The summed E-state index contributed by atoms with van der Waals surface area (Å²) in [6.07, 6.45) is -1.46. The lowest BCUT2D eigenvalue weighted by molar-refractivity contribution is -0.137. The molecule has 6 rings (SSSR count). The third-order valence-corrected chi connectivity index (χ3v) is 8.65. The van der Waals surface area contributed by atoms with Gasteiger partial charge in [-0.15, -0.1) is 0 Å². The summed E-state index contributed by atoms with van der Waals surface area (Å²) in [5.74, 6) is 1.10. The molecule has 1 saturated heterocycles. The Morgan fingerprint density at radius 3 is 2.61 bits per heavy atom. The Morgan fingerprint density at radius 1 is 1.11 bits per heavy atom. The van der Waals surface area contributed by atoms with Gasteiger partial charge in [0.2, 0.25) is 5.91 Å². The number of hydrogen-bond acceptors (Lipinski definition) is 7. The normalized spacial score (nSPS) is 20.1. The van der Waals surface area contributed by atoms with Crippen molar-refractivity contribution in [3.05, 3.63) is 70.9 Å². The van der Waals surface area contributed by atoms with Crippen LogP contribution in [-0.4, -0.2) is 61.2 Å². The van der Waals surface area contributed by atoms with Gasteiger partial charge in [-0.3, -0.25) is 9.59 Å². The fourth-order valence-electron chi connectivity index (χ4n) is 6.11. The Labute approximate surface area is 253 Å². The van der Waals surface area contributed by atoms with Crippen LogP contribution in [0.15, 0.2) is 48.7 Å². The summed E-state index contributed by atoms with van der Waals surface area (Å²) in [6, 6.07) is 11.1. The Morgan fingerprint density at radius 2 is 1.89 bits per heavy atom. The molecule has 4 heterocycles. The van der Waals surface area contributed by atoms with E-state index in [9.17, 15) is 22.8 Å². The van der Waals surface area contributed by atoms with Gasteiger partial charge in [-0.05, 0) is 75.8 Å². The Kier molecular flexibility index (Phi) is 7.87. The van der Waals surface area contributed by atoms with Crippen LogP contribution in [0.4, 0.5) is 24.7 Å². The molecule has 3 aliphatic rings. The molecule has 9 nitrogen and oxygen atoms in total. The number of carbonyl (C=O) groups excluding carboxylic acids is 2. The minimum atomic E-state index is -4.62. The van der Waals surface area contributed by atoms with E-state index in [0.717, 1.165) is 30.0 Å². The van der Waals surface area contributed by atoms with Crippen LogP contribution >= 0.6 is 0 Å². The van der Waals surface area contributed by atoms with Gasteiger partial charge in [0.1, 0.15) is 23.1 Å². The summed E-state index contributed by atoms with van der Waals surface area (Å²) in [5.41, 5.74) is 0.779. The van der Waals surface area contributed by atoms with Crippen molar-refractivity contribution in [1.82, 2.24) is 15.2 Å². The number of benzene rings is 2. The van der Waals surface area contributed by atoms with Crippen molar-refractivity contribution in [1.29, 1.82) is 0 Å². The second-order valence-electron chi connectivity index (χ2n) is 11.7. The Bertz CT molecular complexity index is 1590. The highest BCUT2D eigenvalue weighted by atomic mass is 19.4. The Hall–Kier alpha value is -4.32. The van der Waals surface area contributed by atoms with Gasteiger partial charge >= 0.3 is 6.18 Å². The van der Waals surface area contributed by atoms with Crippen molar-refractivity contribution in [2.24, 2.45) is 0 Å². The van der Waals surface area contributed by atoms with E-state index in [2.05, 4.69) is 20.5 Å². The largest absolute Gasteiger partial charge is 0.470 e. The molecule has 2 atom stereocenters. The van der Waals surface area contributed by atoms with Gasteiger partial charge in [0.15, 0.2) is 6.23 Å². The Balaban J connectivity index is 1.15. The van der Waals surface area contributed by atoms with Gasteiger partial charge in [0.05, 0.1) is 5.56 Å². The van der Waals surface area contributed by atoms with Gasteiger partial charge in [-0.25, -0.2) is 4.98 Å². The first-order valence-electron chi connectivity index (χ1n) is 14.7. The highest BCUT2D eigenvalue weighted by Gasteiger charge is 2.38. The van der Waals surface area contributed by atoms with Crippen LogP contribution in [0.2, 0.25) is 0 Å². The lowest BCUT2D eigenvalue weighted by Crippen LogP contribution is -2.42. The number of rotatable bonds is 6. The molecular formula is C32H34F3N5O4. The smallest absolute Gasteiger partial charge is 0.418 e. The van der Waals surface area contributed by atoms with Crippen molar-refractivity contribution in [2.45, 2.75) is 57.0 Å². The summed E-state index contributed by atoms with van der Waals surface area (Å²) in [6.45, 7) is 2.89. The van der Waals surface area contributed by atoms with Crippen LogP contribution in [-0.2, 0) is 17.4 Å². The standard InChI is InChI=1S/C32H34F3N5O4/c1-18-23-17-21(43-27-10-13-36-29-22(27)6-9-28(41)37-29)5-8-26(23)44-31(18)38-30(42)19-4-7-25(24(16-19)32(33,34)35)40-14-11-20(12-15-40)39(2)3/h4-5,7-8,10,13,16-18,20,31H,6,9,11-12,14-15H2,1-3H3,(H,38,42)(H,36,37,41)/t18-,31+/m0/s1. The minimum Gasteiger partial charge on any atom is -0.470 e. The molecule has 44 heavy (non-hydrogen) atoms. The number of fused-ring (bicyclic) bond motifs is 2. The first-order chi connectivity index (χ1) is 21.0. The van der Waals surface area contributed by atoms with Gasteiger partial charge in [0.25, 0.3) is 5.91 Å². The van der Waals surface area contributed by atoms with Crippen molar-refractivity contribution in [3.63, 3.8) is 0 Å². The predicted octanol–water partition coefficient (Wildman–Crippen LogP) is 5.56. The average Bonchev–Trinajstić information content (AvgIpc) is 3.30. The maximum atomic E-state index is 14.2. The number of hydrogen-bond donors (Lipinski definition) is 2. The number of ether oxygens (including phenoxy) is 2. The third kappa shape index (κ3) is 5.90. The first kappa shape index (κ1) is 29.7. The van der Waals surface area contributed by atoms with Gasteiger partial charge in [0, 0.05) is 60.0 Å². The number of carbonyl (C=O) groups is 2. The predicted molar refractivity (Wildman–Crippen MR) is 158 cm³/mol. The van der Waals surface area contributed by atoms with Crippen molar-refractivity contribution >= 4 is 23.3 Å². The molecule has 232 valence electrons. The second kappa shape index (κ2) is 11.6. The summed E-state index contributed by atoms with van der Waals surface area (Å²) in [5, 5.41) is 5.52. The number of piperidine rings is 1. The summed E-state index contributed by atoms with van der Waals surface area (Å²) < 4.78 is 54.7. The molecular weight excluding hydrogens is 575 g/mol. The van der Waals surface area contributed by atoms with E-state index in [1.165, 1.54) is 12.1 Å². The minimum absolute atomic E-state index is 0.0883. The number of alkyl halides is 3. The van der Waals surface area contributed by atoms with Crippen LogP contribution in [0.5, 0.6) is 17.2 Å². The number of halogens is 3. The van der Waals surface area contributed by atoms with Crippen molar-refractivity contribution < 1.29 is 32.2 Å². The molecule has 3 aromatic rings. The molecule has 0 bridgehead atoms. The van der Waals surface area contributed by atoms with E-state index in [4.69, 9.17) is 9.47 Å². The summed E-state index contributed by atoms with van der Waals surface area (Å²) in [4.78, 5) is 33.0. The maximum Gasteiger partial charge on any atom is 0.418 e. The van der Waals surface area contributed by atoms with Crippen molar-refractivity contribution in [2.75, 3.05) is 37.4 Å². The molecule has 0 unspecified atom stereocenters. The SMILES string of the molecule is C[C@H]1c2cc(Oc3ccnc4c3CCC(=O)N4)ccc2O[C@H]1NC(=O)c1ccc(N2CCC(N(C)C)CC2)c(C(F)(F)F)c1. The fraction of sp³-hybridized carbons (Fsp3) is 0.406. The number of aromatic nitrogens is 1. The topological polar surface area (TPSA) is 96.0 Å². The average molecular weight is 610 g/mol. The van der Waals surface area contributed by atoms with E-state index in [1.807, 2.05) is 27.1 Å². The van der Waals surface area contributed by atoms with Gasteiger partial charge < -0.3 is 29.9 Å². The van der Waals surface area contributed by atoms with Gasteiger partial charge in [-0.2, -0.15) is 13.2 Å². The highest BCUT2D eigenvalue weighted by molar-refractivity contribution is 5.95. The molecule has 3 aliphatic heterocycles. The lowest BCUT2D eigenvalue weighted by Gasteiger charge is -2.37. The molecule has 2 amide bonds. The molecule has 0 aliphatic carbocycles. The second-order valence-corrected chi connectivity index (χ2v) is 11.7. The first-order valence-corrected chi connectivity index (χ1v) is 14.7. The zero-order valence-corrected chi connectivity index (χ0v) is 24.7. The van der Waals surface area contributed by atoms with E-state index >= 15 is 0 Å². The van der Waals surface area contributed by atoms with Crippen LogP contribution in [0.1, 0.15) is 59.2 Å². The molecule has 12 heteroatoms. The van der Waals surface area contributed by atoms with Crippen LogP contribution in [0.3, 0.4) is 0 Å². The fourth-order valence-corrected chi connectivity index (χ4v) is 6.11. The quantitative estimate of drug-likeness (QED) is 0.378. The summed E-state index contributed by atoms with van der Waals surface area (Å²) in [7, 11) is 3.96. The van der Waals surface area contributed by atoms with Crippen LogP contribution < -0.4 is 25.0 Å². The maximum absolute atomic E-state index is 14.2. The van der Waals surface area contributed by atoms with E-state index in [-0.39, 0.29) is 23.1 Å². The highest BCUT2D eigenvalue weighted by Crippen LogP contribution is 2.42. The molecule has 1 aromatic heterocycles. The molecule has 0 spiro atoms. The van der Waals surface area contributed by atoms with Crippen LogP contribution in [0, 0.1) is 0 Å². The zero-order valence-electron chi connectivity index (χ0n) is 24.7. The number of anilines is 2. The molecule has 0 radical (unpaired) electrons. The number of amides is 2. The lowest BCUT2D eigenvalue weighted by atomic mass is 9.99. The molecule has 0 saturated carbocycles. The molecule has 2 aromatic carbocycles. The van der Waals surface area contributed by atoms with Crippen molar-refractivity contribution in [3.8, 4) is 17.2 Å². The number of pyridine rings is 1.